The highest BCUT2D eigenvalue weighted by molar-refractivity contribution is 5.70. The van der Waals surface area contributed by atoms with Crippen molar-refractivity contribution in [1.82, 2.24) is 4.90 Å². The van der Waals surface area contributed by atoms with Crippen molar-refractivity contribution >= 4 is 6.09 Å². The minimum atomic E-state index is -4.39. The van der Waals surface area contributed by atoms with Crippen LogP contribution >= 0.6 is 0 Å². The zero-order valence-electron chi connectivity index (χ0n) is 13.1. The van der Waals surface area contributed by atoms with Crippen molar-refractivity contribution in [3.8, 4) is 0 Å². The first-order valence-corrected chi connectivity index (χ1v) is 7.24. The standard InChI is InChI=1S/C16H20F3NO2/c1-9(2)14-11(4)20(15(21)22-14)8-12-5-10(3)6-13(7-12)16(17,18)19/h5-7,9,11,14H,8H2,1-4H3/t11-,14+/m0/s1. The Morgan fingerprint density at radius 2 is 1.91 bits per heavy atom. The van der Waals surface area contributed by atoms with Crippen LogP contribution in [0.15, 0.2) is 18.2 Å². The van der Waals surface area contributed by atoms with E-state index in [9.17, 15) is 18.0 Å². The first kappa shape index (κ1) is 16.6. The molecule has 1 heterocycles. The van der Waals surface area contributed by atoms with E-state index in [1.807, 2.05) is 20.8 Å². The molecule has 3 nitrogen and oxygen atoms in total. The third kappa shape index (κ3) is 3.36. The highest BCUT2D eigenvalue weighted by atomic mass is 19.4. The topological polar surface area (TPSA) is 29.5 Å². The van der Waals surface area contributed by atoms with E-state index in [4.69, 9.17) is 4.74 Å². The van der Waals surface area contributed by atoms with Crippen LogP contribution in [-0.2, 0) is 17.5 Å². The number of hydrogen-bond donors (Lipinski definition) is 0. The van der Waals surface area contributed by atoms with E-state index in [0.717, 1.165) is 12.1 Å². The number of alkyl halides is 3. The fraction of sp³-hybridized carbons (Fsp3) is 0.562. The van der Waals surface area contributed by atoms with Crippen LogP contribution in [0, 0.1) is 12.8 Å². The second-order valence-electron chi connectivity index (χ2n) is 6.17. The van der Waals surface area contributed by atoms with Crippen molar-refractivity contribution < 1.29 is 22.7 Å². The molecule has 0 spiro atoms. The van der Waals surface area contributed by atoms with Crippen LogP contribution in [0.3, 0.4) is 0 Å². The Morgan fingerprint density at radius 3 is 2.41 bits per heavy atom. The number of hydrogen-bond acceptors (Lipinski definition) is 2. The maximum atomic E-state index is 12.9. The van der Waals surface area contributed by atoms with Gasteiger partial charge in [-0.25, -0.2) is 4.79 Å². The van der Waals surface area contributed by atoms with E-state index in [-0.39, 0.29) is 24.6 Å². The smallest absolute Gasteiger partial charge is 0.416 e. The number of rotatable bonds is 3. The van der Waals surface area contributed by atoms with Gasteiger partial charge in [0.25, 0.3) is 0 Å². The zero-order chi connectivity index (χ0) is 16.7. The Hall–Kier alpha value is -1.72. The van der Waals surface area contributed by atoms with Gasteiger partial charge in [-0.3, -0.25) is 4.90 Å². The van der Waals surface area contributed by atoms with Gasteiger partial charge in [-0.15, -0.1) is 0 Å². The second-order valence-corrected chi connectivity index (χ2v) is 6.17. The van der Waals surface area contributed by atoms with Gasteiger partial charge in [0.05, 0.1) is 11.6 Å². The fourth-order valence-corrected chi connectivity index (χ4v) is 2.84. The van der Waals surface area contributed by atoms with Crippen LogP contribution < -0.4 is 0 Å². The molecule has 0 aromatic heterocycles. The monoisotopic (exact) mass is 315 g/mol. The molecule has 0 bridgehead atoms. The van der Waals surface area contributed by atoms with Crippen LogP contribution in [-0.4, -0.2) is 23.1 Å². The first-order chi connectivity index (χ1) is 10.1. The lowest BCUT2D eigenvalue weighted by Crippen LogP contribution is -2.35. The Bertz CT molecular complexity index is 569. The predicted molar refractivity (Wildman–Crippen MR) is 76.3 cm³/mol. The van der Waals surface area contributed by atoms with E-state index in [0.29, 0.717) is 11.1 Å². The minimum Gasteiger partial charge on any atom is -0.444 e. The summed E-state index contributed by atoms with van der Waals surface area (Å²) in [5.74, 6) is 0.159. The van der Waals surface area contributed by atoms with Crippen molar-refractivity contribution in [2.45, 2.75) is 52.6 Å². The van der Waals surface area contributed by atoms with Crippen molar-refractivity contribution in [2.24, 2.45) is 5.92 Å². The summed E-state index contributed by atoms with van der Waals surface area (Å²) in [5.41, 5.74) is 0.286. The number of halogens is 3. The highest BCUT2D eigenvalue weighted by Crippen LogP contribution is 2.32. The maximum Gasteiger partial charge on any atom is 0.416 e. The highest BCUT2D eigenvalue weighted by Gasteiger charge is 2.40. The van der Waals surface area contributed by atoms with E-state index in [1.54, 1.807) is 13.0 Å². The van der Waals surface area contributed by atoms with E-state index < -0.39 is 17.8 Å². The SMILES string of the molecule is Cc1cc(CN2C(=O)O[C@H](C(C)C)[C@@H]2C)cc(C(F)(F)F)c1. The molecule has 0 saturated carbocycles. The molecule has 1 aliphatic heterocycles. The molecule has 0 aliphatic carbocycles. The molecule has 0 radical (unpaired) electrons. The van der Waals surface area contributed by atoms with Gasteiger partial charge in [-0.2, -0.15) is 13.2 Å². The quantitative estimate of drug-likeness (QED) is 0.828. The van der Waals surface area contributed by atoms with Crippen LogP contribution in [0.5, 0.6) is 0 Å². The number of benzene rings is 1. The Balaban J connectivity index is 2.24. The normalized spacial score (nSPS) is 22.4. The summed E-state index contributed by atoms with van der Waals surface area (Å²) in [7, 11) is 0. The molecule has 6 heteroatoms. The van der Waals surface area contributed by atoms with Crippen molar-refractivity contribution in [1.29, 1.82) is 0 Å². The maximum absolute atomic E-state index is 12.9. The average Bonchev–Trinajstić information content (AvgIpc) is 2.65. The number of ether oxygens (including phenoxy) is 1. The van der Waals surface area contributed by atoms with Crippen molar-refractivity contribution in [3.63, 3.8) is 0 Å². The van der Waals surface area contributed by atoms with Crippen LogP contribution in [0.2, 0.25) is 0 Å². The largest absolute Gasteiger partial charge is 0.444 e. The summed E-state index contributed by atoms with van der Waals surface area (Å²) in [5, 5.41) is 0. The van der Waals surface area contributed by atoms with Crippen molar-refractivity contribution in [2.75, 3.05) is 0 Å². The molecule has 0 N–H and O–H groups in total. The van der Waals surface area contributed by atoms with Gasteiger partial charge in [0.15, 0.2) is 0 Å². The molecule has 122 valence electrons. The van der Waals surface area contributed by atoms with Gasteiger partial charge in [0.2, 0.25) is 0 Å². The van der Waals surface area contributed by atoms with Gasteiger partial charge in [0.1, 0.15) is 6.10 Å². The van der Waals surface area contributed by atoms with E-state index in [1.165, 1.54) is 4.90 Å². The molecule has 2 atom stereocenters. The molecule has 0 unspecified atom stereocenters. The van der Waals surface area contributed by atoms with E-state index >= 15 is 0 Å². The summed E-state index contributed by atoms with van der Waals surface area (Å²) < 4.78 is 43.9. The lowest BCUT2D eigenvalue weighted by atomic mass is 10.00. The van der Waals surface area contributed by atoms with Crippen LogP contribution in [0.1, 0.15) is 37.5 Å². The molecule has 1 saturated heterocycles. The zero-order valence-corrected chi connectivity index (χ0v) is 13.1. The van der Waals surface area contributed by atoms with Crippen LogP contribution in [0.4, 0.5) is 18.0 Å². The summed E-state index contributed by atoms with van der Waals surface area (Å²) >= 11 is 0. The van der Waals surface area contributed by atoms with E-state index in [2.05, 4.69) is 0 Å². The predicted octanol–water partition coefficient (Wildman–Crippen LogP) is 4.38. The summed E-state index contributed by atoms with van der Waals surface area (Å²) in [4.78, 5) is 13.4. The number of carbonyl (C=O) groups excluding carboxylic acids is 1. The molecule has 1 aliphatic rings. The Morgan fingerprint density at radius 1 is 1.27 bits per heavy atom. The number of carbonyl (C=O) groups is 1. The molecular weight excluding hydrogens is 295 g/mol. The molecule has 1 fully saturated rings. The third-order valence-electron chi connectivity index (χ3n) is 3.91. The summed E-state index contributed by atoms with van der Waals surface area (Å²) in [6.07, 6.45) is -5.10. The number of amides is 1. The lowest BCUT2D eigenvalue weighted by Gasteiger charge is -2.23. The van der Waals surface area contributed by atoms with Gasteiger partial charge < -0.3 is 4.74 Å². The Kier molecular flexibility index (Phi) is 4.40. The molecular formula is C16H20F3NO2. The number of aryl methyl sites for hydroxylation is 1. The number of cyclic esters (lactones) is 1. The van der Waals surface area contributed by atoms with Gasteiger partial charge in [-0.1, -0.05) is 25.5 Å². The third-order valence-corrected chi connectivity index (χ3v) is 3.91. The summed E-state index contributed by atoms with van der Waals surface area (Å²) in [6, 6.07) is 3.70. The van der Waals surface area contributed by atoms with Crippen molar-refractivity contribution in [3.05, 3.63) is 34.9 Å². The first-order valence-electron chi connectivity index (χ1n) is 7.24. The molecule has 2 rings (SSSR count). The average molecular weight is 315 g/mol. The van der Waals surface area contributed by atoms with Gasteiger partial charge >= 0.3 is 12.3 Å². The van der Waals surface area contributed by atoms with Gasteiger partial charge in [0, 0.05) is 6.54 Å². The molecule has 1 amide bonds. The molecule has 1 aromatic carbocycles. The van der Waals surface area contributed by atoms with Gasteiger partial charge in [-0.05, 0) is 37.5 Å². The fourth-order valence-electron chi connectivity index (χ4n) is 2.84. The molecule has 1 aromatic rings. The minimum absolute atomic E-state index is 0.119. The Labute approximate surface area is 128 Å². The van der Waals surface area contributed by atoms with Crippen LogP contribution in [0.25, 0.3) is 0 Å². The lowest BCUT2D eigenvalue weighted by molar-refractivity contribution is -0.137. The summed E-state index contributed by atoms with van der Waals surface area (Å²) in [6.45, 7) is 7.49. The second kappa shape index (κ2) is 5.82. The number of nitrogens with zero attached hydrogens (tertiary/aromatic N) is 1. The molecule has 22 heavy (non-hydrogen) atoms.